The molecule has 1 atom stereocenters. The van der Waals surface area contributed by atoms with Crippen molar-refractivity contribution in [3.8, 4) is 11.3 Å². The van der Waals surface area contributed by atoms with Gasteiger partial charge in [0.05, 0.1) is 21.9 Å². The number of benzene rings is 1. The highest BCUT2D eigenvalue weighted by atomic mass is 35.5. The summed E-state index contributed by atoms with van der Waals surface area (Å²) in [5, 5.41) is 1.08. The zero-order valence-corrected chi connectivity index (χ0v) is 10.9. The third kappa shape index (κ3) is 3.00. The van der Waals surface area contributed by atoms with Crippen LogP contribution in [0.5, 0.6) is 0 Å². The Balaban J connectivity index is 2.27. The molecule has 3 nitrogen and oxygen atoms in total. The molecule has 0 fully saturated rings. The number of hydrogen-bond acceptors (Lipinski definition) is 2. The van der Waals surface area contributed by atoms with Gasteiger partial charge in [0.25, 0.3) is 0 Å². The normalized spacial score (nSPS) is 12.7. The number of nitrogens with zero attached hydrogens (tertiary/aromatic N) is 1. The van der Waals surface area contributed by atoms with Crippen LogP contribution in [0.1, 0.15) is 12.7 Å². The Kier molecular flexibility index (Phi) is 3.72. The number of aromatic amines is 1. The average molecular weight is 270 g/mol. The van der Waals surface area contributed by atoms with Crippen molar-refractivity contribution in [2.75, 3.05) is 0 Å². The molecule has 3 N–H and O–H groups in total. The quantitative estimate of drug-likeness (QED) is 0.899. The summed E-state index contributed by atoms with van der Waals surface area (Å²) in [6.07, 6.45) is 2.50. The Hall–Kier alpha value is -1.03. The van der Waals surface area contributed by atoms with E-state index in [4.69, 9.17) is 28.9 Å². The van der Waals surface area contributed by atoms with Crippen LogP contribution in [0.3, 0.4) is 0 Å². The minimum atomic E-state index is 0.0859. The number of rotatable bonds is 3. The summed E-state index contributed by atoms with van der Waals surface area (Å²) in [5.41, 5.74) is 7.59. The SMILES string of the molecule is CC(N)Cc1ncc(-c2ccc(Cl)c(Cl)c2)[nH]1. The zero-order chi connectivity index (χ0) is 12.4. The number of aromatic nitrogens is 2. The van der Waals surface area contributed by atoms with Gasteiger partial charge in [0.1, 0.15) is 5.82 Å². The predicted molar refractivity (Wildman–Crippen MR) is 71.4 cm³/mol. The van der Waals surface area contributed by atoms with Gasteiger partial charge in [-0.3, -0.25) is 0 Å². The Bertz CT molecular complexity index is 520. The maximum atomic E-state index is 5.97. The molecule has 2 rings (SSSR count). The van der Waals surface area contributed by atoms with Gasteiger partial charge in [0.15, 0.2) is 0 Å². The fourth-order valence-corrected chi connectivity index (χ4v) is 1.88. The van der Waals surface area contributed by atoms with Crippen LogP contribution in [-0.4, -0.2) is 16.0 Å². The highest BCUT2D eigenvalue weighted by Crippen LogP contribution is 2.27. The summed E-state index contributed by atoms with van der Waals surface area (Å²) in [6, 6.07) is 5.57. The number of imidazole rings is 1. The lowest BCUT2D eigenvalue weighted by Gasteiger charge is -2.02. The minimum Gasteiger partial charge on any atom is -0.342 e. The third-order valence-electron chi connectivity index (χ3n) is 2.37. The fraction of sp³-hybridized carbons (Fsp3) is 0.250. The molecule has 1 heterocycles. The standard InChI is InChI=1S/C12H13Cl2N3/c1-7(15)4-12-16-6-11(17-12)8-2-3-9(13)10(14)5-8/h2-3,5-7H,4,15H2,1H3,(H,16,17). The zero-order valence-electron chi connectivity index (χ0n) is 9.37. The molecule has 1 aromatic carbocycles. The smallest absolute Gasteiger partial charge is 0.108 e. The van der Waals surface area contributed by atoms with E-state index < -0.39 is 0 Å². The number of H-pyrrole nitrogens is 1. The Morgan fingerprint density at radius 2 is 2.12 bits per heavy atom. The maximum Gasteiger partial charge on any atom is 0.108 e. The first-order valence-corrected chi connectivity index (χ1v) is 6.06. The molecule has 0 amide bonds. The van der Waals surface area contributed by atoms with Crippen molar-refractivity contribution in [1.29, 1.82) is 0 Å². The summed E-state index contributed by atoms with van der Waals surface area (Å²) in [6.45, 7) is 1.95. The average Bonchev–Trinajstić information content (AvgIpc) is 2.69. The summed E-state index contributed by atoms with van der Waals surface area (Å²) in [4.78, 5) is 7.49. The summed E-state index contributed by atoms with van der Waals surface area (Å²) >= 11 is 11.8. The van der Waals surface area contributed by atoms with E-state index in [1.165, 1.54) is 0 Å². The highest BCUT2D eigenvalue weighted by Gasteiger charge is 2.06. The summed E-state index contributed by atoms with van der Waals surface area (Å²) in [5.74, 6) is 0.876. The molecule has 5 heteroatoms. The van der Waals surface area contributed by atoms with Crippen LogP contribution in [0, 0.1) is 0 Å². The highest BCUT2D eigenvalue weighted by molar-refractivity contribution is 6.42. The van der Waals surface area contributed by atoms with E-state index >= 15 is 0 Å². The topological polar surface area (TPSA) is 54.7 Å². The molecule has 0 saturated heterocycles. The van der Waals surface area contributed by atoms with Crippen LogP contribution in [-0.2, 0) is 6.42 Å². The number of nitrogens with two attached hydrogens (primary N) is 1. The molecule has 17 heavy (non-hydrogen) atoms. The summed E-state index contributed by atoms with van der Waals surface area (Å²) in [7, 11) is 0. The second-order valence-corrected chi connectivity index (χ2v) is 4.87. The van der Waals surface area contributed by atoms with Crippen LogP contribution in [0.2, 0.25) is 10.0 Å². The van der Waals surface area contributed by atoms with Gasteiger partial charge in [0.2, 0.25) is 0 Å². The molecule has 0 aliphatic rings. The van der Waals surface area contributed by atoms with Crippen molar-refractivity contribution in [3.63, 3.8) is 0 Å². The van der Waals surface area contributed by atoms with Crippen LogP contribution in [0.15, 0.2) is 24.4 Å². The van der Waals surface area contributed by atoms with Gasteiger partial charge >= 0.3 is 0 Å². The van der Waals surface area contributed by atoms with Gasteiger partial charge in [0, 0.05) is 18.0 Å². The molecule has 0 bridgehead atoms. The van der Waals surface area contributed by atoms with E-state index in [2.05, 4.69) is 9.97 Å². The number of nitrogens with one attached hydrogen (secondary N) is 1. The molecule has 90 valence electrons. The molecule has 1 unspecified atom stereocenters. The molecule has 0 spiro atoms. The molecule has 0 saturated carbocycles. The van der Waals surface area contributed by atoms with Crippen molar-refractivity contribution in [2.24, 2.45) is 5.73 Å². The predicted octanol–water partition coefficient (Wildman–Crippen LogP) is 3.27. The molecule has 0 radical (unpaired) electrons. The van der Waals surface area contributed by atoms with Crippen LogP contribution in [0.25, 0.3) is 11.3 Å². The van der Waals surface area contributed by atoms with Gasteiger partial charge in [-0.15, -0.1) is 0 Å². The fourth-order valence-electron chi connectivity index (χ4n) is 1.58. The van der Waals surface area contributed by atoms with Crippen molar-refractivity contribution in [2.45, 2.75) is 19.4 Å². The van der Waals surface area contributed by atoms with Gasteiger partial charge < -0.3 is 10.7 Å². The maximum absolute atomic E-state index is 5.97. The lowest BCUT2D eigenvalue weighted by molar-refractivity contribution is 0.710. The van der Waals surface area contributed by atoms with Gasteiger partial charge in [-0.2, -0.15) is 0 Å². The Morgan fingerprint density at radius 1 is 1.35 bits per heavy atom. The van der Waals surface area contributed by atoms with E-state index in [0.717, 1.165) is 23.5 Å². The second-order valence-electron chi connectivity index (χ2n) is 4.05. The monoisotopic (exact) mass is 269 g/mol. The number of hydrogen-bond donors (Lipinski definition) is 2. The molecule has 2 aromatic rings. The van der Waals surface area contributed by atoms with Gasteiger partial charge in [-0.25, -0.2) is 4.98 Å². The van der Waals surface area contributed by atoms with E-state index in [-0.39, 0.29) is 6.04 Å². The van der Waals surface area contributed by atoms with Gasteiger partial charge in [-0.05, 0) is 19.1 Å². The van der Waals surface area contributed by atoms with Crippen LogP contribution < -0.4 is 5.73 Å². The van der Waals surface area contributed by atoms with Crippen molar-refractivity contribution >= 4 is 23.2 Å². The largest absolute Gasteiger partial charge is 0.342 e. The molecule has 1 aromatic heterocycles. The first-order chi connectivity index (χ1) is 8.06. The molecular weight excluding hydrogens is 257 g/mol. The molecule has 0 aliphatic heterocycles. The van der Waals surface area contributed by atoms with Crippen LogP contribution >= 0.6 is 23.2 Å². The Morgan fingerprint density at radius 3 is 2.76 bits per heavy atom. The molecule has 0 aliphatic carbocycles. The number of halogens is 2. The van der Waals surface area contributed by atoms with E-state index in [1.54, 1.807) is 12.3 Å². The lowest BCUT2D eigenvalue weighted by atomic mass is 10.2. The third-order valence-corrected chi connectivity index (χ3v) is 3.11. The minimum absolute atomic E-state index is 0.0859. The van der Waals surface area contributed by atoms with Crippen LogP contribution in [0.4, 0.5) is 0 Å². The van der Waals surface area contributed by atoms with E-state index in [1.807, 2.05) is 19.1 Å². The van der Waals surface area contributed by atoms with Gasteiger partial charge in [-0.1, -0.05) is 29.3 Å². The first kappa shape index (κ1) is 12.4. The Labute approximate surface area is 110 Å². The van der Waals surface area contributed by atoms with Crippen molar-refractivity contribution in [3.05, 3.63) is 40.3 Å². The molecular formula is C12H13Cl2N3. The van der Waals surface area contributed by atoms with Crippen molar-refractivity contribution < 1.29 is 0 Å². The van der Waals surface area contributed by atoms with E-state index in [0.29, 0.717) is 10.0 Å². The first-order valence-electron chi connectivity index (χ1n) is 5.31. The second kappa shape index (κ2) is 5.08. The van der Waals surface area contributed by atoms with E-state index in [9.17, 15) is 0 Å². The van der Waals surface area contributed by atoms with Crippen molar-refractivity contribution in [1.82, 2.24) is 9.97 Å². The summed E-state index contributed by atoms with van der Waals surface area (Å²) < 4.78 is 0. The lowest BCUT2D eigenvalue weighted by Crippen LogP contribution is -2.18.